The second-order valence-electron chi connectivity index (χ2n) is 6.51. The molecule has 0 spiro atoms. The van der Waals surface area contributed by atoms with Gasteiger partial charge in [-0.1, -0.05) is 42.5 Å². The van der Waals surface area contributed by atoms with Gasteiger partial charge in [0.05, 0.1) is 18.4 Å². The first-order valence-electron chi connectivity index (χ1n) is 8.86. The largest absolute Gasteiger partial charge is 0.495 e. The van der Waals surface area contributed by atoms with Crippen LogP contribution >= 0.6 is 0 Å². The molecule has 0 saturated carbocycles. The number of aliphatic hydroxyl groups is 2. The van der Waals surface area contributed by atoms with E-state index in [2.05, 4.69) is 4.72 Å². The fraction of sp³-hybridized carbons (Fsp3) is 0.143. The molecule has 0 unspecified atom stereocenters. The summed E-state index contributed by atoms with van der Waals surface area (Å²) in [5.74, 6) is -0.120. The lowest BCUT2D eigenvalue weighted by Gasteiger charge is -2.17. The monoisotopic (exact) mass is 453 g/mol. The standard InChI is InChI=1S/C21H18F3NO5S/c1-30-18-10-7-14(20(26)27)11-19(18)31(28,29)25-17-12-15(21(22,23)24)8-9-16(17)13-5-3-2-4-6-13/h2-12,20,25-27H,1H3. The van der Waals surface area contributed by atoms with Gasteiger partial charge in [0, 0.05) is 11.1 Å². The van der Waals surface area contributed by atoms with Crippen molar-refractivity contribution in [1.29, 1.82) is 0 Å². The number of anilines is 1. The molecule has 0 saturated heterocycles. The van der Waals surface area contributed by atoms with Crippen LogP contribution in [0.2, 0.25) is 0 Å². The number of aliphatic hydroxyl groups excluding tert-OH is 1. The minimum atomic E-state index is -4.69. The predicted octanol–water partition coefficient (Wildman–Crippen LogP) is 4.17. The first-order chi connectivity index (χ1) is 14.5. The van der Waals surface area contributed by atoms with Gasteiger partial charge in [0.2, 0.25) is 0 Å². The van der Waals surface area contributed by atoms with Crippen molar-refractivity contribution in [3.63, 3.8) is 0 Å². The van der Waals surface area contributed by atoms with Crippen molar-refractivity contribution in [3.05, 3.63) is 77.9 Å². The Hall–Kier alpha value is -3.08. The highest BCUT2D eigenvalue weighted by atomic mass is 32.2. The molecule has 3 aromatic carbocycles. The maximum Gasteiger partial charge on any atom is 0.416 e. The van der Waals surface area contributed by atoms with Gasteiger partial charge in [0.25, 0.3) is 10.0 Å². The molecule has 10 heteroatoms. The molecule has 3 N–H and O–H groups in total. The topological polar surface area (TPSA) is 95.9 Å². The molecular formula is C21H18F3NO5S. The summed E-state index contributed by atoms with van der Waals surface area (Å²) in [7, 11) is -3.26. The van der Waals surface area contributed by atoms with Crippen molar-refractivity contribution in [2.75, 3.05) is 11.8 Å². The summed E-state index contributed by atoms with van der Waals surface area (Å²) >= 11 is 0. The average Bonchev–Trinajstić information content (AvgIpc) is 2.73. The van der Waals surface area contributed by atoms with Crippen LogP contribution in [0.5, 0.6) is 5.75 Å². The van der Waals surface area contributed by atoms with Crippen molar-refractivity contribution in [1.82, 2.24) is 0 Å². The van der Waals surface area contributed by atoms with Crippen LogP contribution in [0.25, 0.3) is 11.1 Å². The molecule has 164 valence electrons. The van der Waals surface area contributed by atoms with E-state index in [9.17, 15) is 31.8 Å². The summed E-state index contributed by atoms with van der Waals surface area (Å²) in [4.78, 5) is -0.461. The molecule has 0 radical (unpaired) electrons. The molecule has 0 aliphatic rings. The Bertz CT molecular complexity index is 1180. The van der Waals surface area contributed by atoms with E-state index >= 15 is 0 Å². The van der Waals surface area contributed by atoms with Gasteiger partial charge in [-0.25, -0.2) is 8.42 Å². The lowest BCUT2D eigenvalue weighted by atomic mass is 10.0. The van der Waals surface area contributed by atoms with Gasteiger partial charge in [-0.05, 0) is 29.8 Å². The molecule has 0 aliphatic carbocycles. The van der Waals surface area contributed by atoms with Gasteiger partial charge in [-0.2, -0.15) is 13.2 Å². The predicted molar refractivity (Wildman–Crippen MR) is 108 cm³/mol. The Kier molecular flexibility index (Phi) is 6.25. The zero-order chi connectivity index (χ0) is 22.8. The summed E-state index contributed by atoms with van der Waals surface area (Å²) in [6, 6.07) is 14.5. The fourth-order valence-corrected chi connectivity index (χ4v) is 4.21. The van der Waals surface area contributed by atoms with Gasteiger partial charge in [0.15, 0.2) is 6.29 Å². The zero-order valence-electron chi connectivity index (χ0n) is 16.1. The summed E-state index contributed by atoms with van der Waals surface area (Å²) in [5, 5.41) is 18.7. The fourth-order valence-electron chi connectivity index (χ4n) is 2.94. The molecule has 0 aromatic heterocycles. The Labute approximate surface area is 176 Å². The molecule has 0 atom stereocenters. The van der Waals surface area contributed by atoms with E-state index in [4.69, 9.17) is 4.74 Å². The van der Waals surface area contributed by atoms with Gasteiger partial charge in [-0.15, -0.1) is 0 Å². The van der Waals surface area contributed by atoms with Crippen molar-refractivity contribution in [2.45, 2.75) is 17.4 Å². The quantitative estimate of drug-likeness (QED) is 0.487. The van der Waals surface area contributed by atoms with Crippen molar-refractivity contribution in [3.8, 4) is 16.9 Å². The molecule has 0 fully saturated rings. The van der Waals surface area contributed by atoms with Crippen LogP contribution in [0.4, 0.5) is 18.9 Å². The number of sulfonamides is 1. The SMILES string of the molecule is COc1ccc(C(O)O)cc1S(=O)(=O)Nc1cc(C(F)(F)F)ccc1-c1ccccc1. The Balaban J connectivity index is 2.15. The zero-order valence-corrected chi connectivity index (χ0v) is 16.9. The van der Waals surface area contributed by atoms with E-state index in [0.717, 1.165) is 12.1 Å². The van der Waals surface area contributed by atoms with E-state index in [-0.39, 0.29) is 22.6 Å². The van der Waals surface area contributed by atoms with Gasteiger partial charge in [0.1, 0.15) is 10.6 Å². The summed E-state index contributed by atoms with van der Waals surface area (Å²) in [6.07, 6.45) is -6.64. The van der Waals surface area contributed by atoms with Crippen LogP contribution in [0, 0.1) is 0 Å². The molecule has 3 aromatic rings. The van der Waals surface area contributed by atoms with Crippen LogP contribution in [-0.4, -0.2) is 25.7 Å². The summed E-state index contributed by atoms with van der Waals surface area (Å²) < 4.78 is 73.1. The van der Waals surface area contributed by atoms with E-state index in [1.54, 1.807) is 30.3 Å². The Morgan fingerprint density at radius 1 is 0.968 bits per heavy atom. The minimum Gasteiger partial charge on any atom is -0.495 e. The van der Waals surface area contributed by atoms with E-state index in [0.29, 0.717) is 11.6 Å². The lowest BCUT2D eigenvalue weighted by Crippen LogP contribution is -2.16. The van der Waals surface area contributed by atoms with Crippen molar-refractivity contribution in [2.24, 2.45) is 0 Å². The lowest BCUT2D eigenvalue weighted by molar-refractivity contribution is -0.137. The summed E-state index contributed by atoms with van der Waals surface area (Å²) in [5.41, 5.74) is -0.724. The average molecular weight is 453 g/mol. The third kappa shape index (κ3) is 4.98. The smallest absolute Gasteiger partial charge is 0.416 e. The number of benzene rings is 3. The number of ether oxygens (including phenoxy) is 1. The Morgan fingerprint density at radius 2 is 1.65 bits per heavy atom. The highest BCUT2D eigenvalue weighted by Gasteiger charge is 2.32. The molecular weight excluding hydrogens is 435 g/mol. The molecule has 0 aliphatic heterocycles. The van der Waals surface area contributed by atoms with Gasteiger partial charge in [-0.3, -0.25) is 4.72 Å². The van der Waals surface area contributed by atoms with Crippen LogP contribution in [0.3, 0.4) is 0 Å². The Morgan fingerprint density at radius 3 is 2.23 bits per heavy atom. The number of hydrogen-bond donors (Lipinski definition) is 3. The number of hydrogen-bond acceptors (Lipinski definition) is 5. The van der Waals surface area contributed by atoms with Crippen molar-refractivity contribution >= 4 is 15.7 Å². The third-order valence-corrected chi connectivity index (χ3v) is 5.84. The first kappa shape index (κ1) is 22.6. The number of methoxy groups -OCH3 is 1. The van der Waals surface area contributed by atoms with Gasteiger partial charge >= 0.3 is 6.18 Å². The maximum atomic E-state index is 13.3. The first-order valence-corrected chi connectivity index (χ1v) is 10.3. The number of alkyl halides is 3. The highest BCUT2D eigenvalue weighted by molar-refractivity contribution is 7.92. The molecule has 6 nitrogen and oxygen atoms in total. The molecule has 31 heavy (non-hydrogen) atoms. The third-order valence-electron chi connectivity index (χ3n) is 4.45. The molecule has 0 heterocycles. The minimum absolute atomic E-state index is 0.120. The molecule has 0 bridgehead atoms. The number of nitrogens with one attached hydrogen (secondary N) is 1. The molecule has 3 rings (SSSR count). The van der Waals surface area contributed by atoms with Crippen LogP contribution in [0.15, 0.2) is 71.6 Å². The van der Waals surface area contributed by atoms with Crippen LogP contribution < -0.4 is 9.46 Å². The highest BCUT2D eigenvalue weighted by Crippen LogP contribution is 2.37. The maximum absolute atomic E-state index is 13.3. The molecule has 0 amide bonds. The number of rotatable bonds is 6. The normalized spacial score (nSPS) is 12.1. The second-order valence-corrected chi connectivity index (χ2v) is 8.16. The van der Waals surface area contributed by atoms with Crippen molar-refractivity contribution < 1.29 is 36.5 Å². The van der Waals surface area contributed by atoms with Crippen LogP contribution in [0.1, 0.15) is 17.4 Å². The van der Waals surface area contributed by atoms with Crippen LogP contribution in [-0.2, 0) is 16.2 Å². The second kappa shape index (κ2) is 8.58. The van der Waals surface area contributed by atoms with E-state index < -0.39 is 32.9 Å². The number of halogens is 3. The van der Waals surface area contributed by atoms with E-state index in [1.807, 2.05) is 0 Å². The summed E-state index contributed by atoms with van der Waals surface area (Å²) in [6.45, 7) is 0. The van der Waals surface area contributed by atoms with Gasteiger partial charge < -0.3 is 14.9 Å². The van der Waals surface area contributed by atoms with E-state index in [1.165, 1.54) is 25.3 Å².